The van der Waals surface area contributed by atoms with Crippen molar-refractivity contribution in [2.24, 2.45) is 0 Å². The Morgan fingerprint density at radius 1 is 1.21 bits per heavy atom. The number of nitrogens with one attached hydrogen (secondary N) is 1. The number of hydrogen-bond acceptors (Lipinski definition) is 4. The van der Waals surface area contributed by atoms with Crippen molar-refractivity contribution >= 4 is 28.2 Å². The number of aromatic nitrogens is 2. The minimum atomic E-state index is 0.335. The Morgan fingerprint density at radius 3 is 2.58 bits per heavy atom. The van der Waals surface area contributed by atoms with Crippen LogP contribution in [0.1, 0.15) is 13.3 Å². The Bertz CT molecular complexity index is 556. The molecular formula is C14H19ClN4. The molecule has 0 aliphatic rings. The van der Waals surface area contributed by atoms with E-state index in [4.69, 9.17) is 11.6 Å². The van der Waals surface area contributed by atoms with Crippen LogP contribution >= 0.6 is 11.6 Å². The molecule has 1 N–H and O–H groups in total. The summed E-state index contributed by atoms with van der Waals surface area (Å²) in [5.74, 6) is 0.797. The van der Waals surface area contributed by atoms with E-state index in [-0.39, 0.29) is 0 Å². The van der Waals surface area contributed by atoms with Crippen molar-refractivity contribution in [1.82, 2.24) is 15.1 Å². The van der Waals surface area contributed by atoms with Gasteiger partial charge in [-0.05, 0) is 34.0 Å². The molecule has 1 unspecified atom stereocenters. The molecule has 0 aliphatic heterocycles. The summed E-state index contributed by atoms with van der Waals surface area (Å²) in [5, 5.41) is 14.0. The summed E-state index contributed by atoms with van der Waals surface area (Å²) in [6.07, 6.45) is 1.05. The van der Waals surface area contributed by atoms with Crippen molar-refractivity contribution in [3.05, 3.63) is 29.4 Å². The van der Waals surface area contributed by atoms with Crippen LogP contribution in [0.5, 0.6) is 0 Å². The Labute approximate surface area is 118 Å². The molecule has 1 aromatic carbocycles. The van der Waals surface area contributed by atoms with Gasteiger partial charge >= 0.3 is 0 Å². The molecule has 1 heterocycles. The van der Waals surface area contributed by atoms with Gasteiger partial charge in [0.15, 0.2) is 11.0 Å². The molecule has 4 nitrogen and oxygen atoms in total. The molecular weight excluding hydrogens is 260 g/mol. The number of anilines is 1. The number of fused-ring (bicyclic) bond motifs is 1. The van der Waals surface area contributed by atoms with Gasteiger partial charge in [0.05, 0.1) is 0 Å². The van der Waals surface area contributed by atoms with Crippen molar-refractivity contribution in [2.45, 2.75) is 19.4 Å². The molecule has 5 heteroatoms. The van der Waals surface area contributed by atoms with Gasteiger partial charge in [-0.1, -0.05) is 35.9 Å². The highest BCUT2D eigenvalue weighted by atomic mass is 35.5. The van der Waals surface area contributed by atoms with Gasteiger partial charge in [0, 0.05) is 16.8 Å². The molecule has 1 atom stereocenters. The summed E-state index contributed by atoms with van der Waals surface area (Å²) in [6, 6.07) is 8.24. The number of rotatable bonds is 5. The zero-order valence-corrected chi connectivity index (χ0v) is 12.3. The van der Waals surface area contributed by atoms with Crippen LogP contribution in [0.3, 0.4) is 0 Å². The van der Waals surface area contributed by atoms with Gasteiger partial charge in [-0.25, -0.2) is 0 Å². The predicted molar refractivity (Wildman–Crippen MR) is 80.8 cm³/mol. The van der Waals surface area contributed by atoms with Gasteiger partial charge in [-0.2, -0.15) is 0 Å². The van der Waals surface area contributed by atoms with Crippen molar-refractivity contribution in [2.75, 3.05) is 26.0 Å². The molecule has 19 heavy (non-hydrogen) atoms. The molecule has 2 aromatic rings. The zero-order valence-electron chi connectivity index (χ0n) is 11.5. The van der Waals surface area contributed by atoms with Crippen LogP contribution in [-0.2, 0) is 0 Å². The maximum absolute atomic E-state index is 6.06. The summed E-state index contributed by atoms with van der Waals surface area (Å²) >= 11 is 6.06. The lowest BCUT2D eigenvalue weighted by atomic mass is 10.1. The molecule has 2 rings (SSSR count). The van der Waals surface area contributed by atoms with Crippen molar-refractivity contribution in [3.8, 4) is 0 Å². The second kappa shape index (κ2) is 6.17. The minimum absolute atomic E-state index is 0.335. The third-order valence-electron chi connectivity index (χ3n) is 3.03. The van der Waals surface area contributed by atoms with E-state index < -0.39 is 0 Å². The van der Waals surface area contributed by atoms with E-state index in [1.807, 2.05) is 24.3 Å². The van der Waals surface area contributed by atoms with Gasteiger partial charge in [-0.15, -0.1) is 10.2 Å². The fourth-order valence-electron chi connectivity index (χ4n) is 1.94. The molecule has 0 aliphatic carbocycles. The van der Waals surface area contributed by atoms with Gasteiger partial charge in [0.25, 0.3) is 0 Å². The molecule has 0 bridgehead atoms. The largest absolute Gasteiger partial charge is 0.366 e. The quantitative estimate of drug-likeness (QED) is 0.913. The molecule has 102 valence electrons. The second-order valence-corrected chi connectivity index (χ2v) is 5.38. The lowest BCUT2D eigenvalue weighted by Crippen LogP contribution is -2.23. The smallest absolute Gasteiger partial charge is 0.159 e. The molecule has 0 saturated heterocycles. The van der Waals surface area contributed by atoms with E-state index in [0.717, 1.165) is 29.6 Å². The first-order valence-electron chi connectivity index (χ1n) is 6.40. The van der Waals surface area contributed by atoms with E-state index in [1.165, 1.54) is 0 Å². The van der Waals surface area contributed by atoms with Crippen LogP contribution in [0.15, 0.2) is 24.3 Å². The van der Waals surface area contributed by atoms with Gasteiger partial charge in [0.2, 0.25) is 0 Å². The third kappa shape index (κ3) is 3.55. The summed E-state index contributed by atoms with van der Waals surface area (Å²) in [4.78, 5) is 2.17. The Kier molecular flexibility index (Phi) is 4.56. The summed E-state index contributed by atoms with van der Waals surface area (Å²) in [7, 11) is 4.15. The molecule has 0 amide bonds. The average molecular weight is 279 g/mol. The maximum atomic E-state index is 6.06. The second-order valence-electron chi connectivity index (χ2n) is 5.02. The van der Waals surface area contributed by atoms with Crippen LogP contribution in [0.2, 0.25) is 5.15 Å². The first-order chi connectivity index (χ1) is 9.08. The third-order valence-corrected chi connectivity index (χ3v) is 3.31. The van der Waals surface area contributed by atoms with Gasteiger partial charge < -0.3 is 10.2 Å². The SMILES string of the molecule is CC(CCN(C)C)Nc1nnc(Cl)c2ccccc12. The summed E-state index contributed by atoms with van der Waals surface area (Å²) in [5.41, 5.74) is 0. The average Bonchev–Trinajstić information content (AvgIpc) is 2.40. The highest BCUT2D eigenvalue weighted by molar-refractivity contribution is 6.34. The fourth-order valence-corrected chi connectivity index (χ4v) is 2.14. The molecule has 1 aromatic heterocycles. The normalized spacial score (nSPS) is 12.9. The van der Waals surface area contributed by atoms with Gasteiger partial charge in [0.1, 0.15) is 0 Å². The topological polar surface area (TPSA) is 41.0 Å². The number of nitrogens with zero attached hydrogens (tertiary/aromatic N) is 3. The standard InChI is InChI=1S/C14H19ClN4/c1-10(8-9-19(2)3)16-14-12-7-5-4-6-11(12)13(15)17-18-14/h4-7,10H,8-9H2,1-3H3,(H,16,18). The van der Waals surface area contributed by atoms with Gasteiger partial charge in [-0.3, -0.25) is 0 Å². The summed E-state index contributed by atoms with van der Waals surface area (Å²) in [6.45, 7) is 3.18. The van der Waals surface area contributed by atoms with E-state index in [2.05, 4.69) is 41.4 Å². The predicted octanol–water partition coefficient (Wildman–Crippen LogP) is 3.04. The Hall–Kier alpha value is -1.39. The van der Waals surface area contributed by atoms with Crippen LogP contribution in [0.4, 0.5) is 5.82 Å². The van der Waals surface area contributed by atoms with E-state index >= 15 is 0 Å². The molecule has 0 fully saturated rings. The maximum Gasteiger partial charge on any atom is 0.159 e. The Balaban J connectivity index is 2.19. The Morgan fingerprint density at radius 2 is 1.89 bits per heavy atom. The van der Waals surface area contributed by atoms with Crippen molar-refractivity contribution in [3.63, 3.8) is 0 Å². The van der Waals surface area contributed by atoms with Crippen molar-refractivity contribution < 1.29 is 0 Å². The fraction of sp³-hybridized carbons (Fsp3) is 0.429. The van der Waals surface area contributed by atoms with Crippen LogP contribution in [0, 0.1) is 0 Å². The number of benzene rings is 1. The highest BCUT2D eigenvalue weighted by Crippen LogP contribution is 2.26. The number of halogens is 1. The van der Waals surface area contributed by atoms with Crippen LogP contribution in [0.25, 0.3) is 10.8 Å². The van der Waals surface area contributed by atoms with Crippen LogP contribution < -0.4 is 5.32 Å². The molecule has 0 radical (unpaired) electrons. The first kappa shape index (κ1) is 14.0. The van der Waals surface area contributed by atoms with E-state index in [0.29, 0.717) is 11.2 Å². The van der Waals surface area contributed by atoms with Crippen molar-refractivity contribution in [1.29, 1.82) is 0 Å². The summed E-state index contributed by atoms with van der Waals surface area (Å²) < 4.78 is 0. The minimum Gasteiger partial charge on any atom is -0.366 e. The zero-order chi connectivity index (χ0) is 13.8. The molecule has 0 spiro atoms. The lowest BCUT2D eigenvalue weighted by molar-refractivity contribution is 0.390. The van der Waals surface area contributed by atoms with Crippen LogP contribution in [-0.4, -0.2) is 41.8 Å². The number of hydrogen-bond donors (Lipinski definition) is 1. The van der Waals surface area contributed by atoms with E-state index in [9.17, 15) is 0 Å². The molecule has 0 saturated carbocycles. The monoisotopic (exact) mass is 278 g/mol. The lowest BCUT2D eigenvalue weighted by Gasteiger charge is -2.18. The van der Waals surface area contributed by atoms with E-state index in [1.54, 1.807) is 0 Å². The highest BCUT2D eigenvalue weighted by Gasteiger charge is 2.10. The first-order valence-corrected chi connectivity index (χ1v) is 6.78.